The van der Waals surface area contributed by atoms with Crippen molar-refractivity contribution in [1.29, 1.82) is 0 Å². The molecule has 2 aliphatic rings. The minimum absolute atomic E-state index is 0.0765. The maximum absolute atomic E-state index is 14.4. The molecule has 13 heteroatoms. The number of amides is 2. The Morgan fingerprint density at radius 1 is 0.942 bits per heavy atom. The van der Waals surface area contributed by atoms with Gasteiger partial charge in [-0.05, 0) is 66.8 Å². The molecule has 3 aromatic carbocycles. The summed E-state index contributed by atoms with van der Waals surface area (Å²) in [5.74, 6) is -1.47. The smallest absolute Gasteiger partial charge is 0.416 e. The summed E-state index contributed by atoms with van der Waals surface area (Å²) < 4.78 is 68.3. The van der Waals surface area contributed by atoms with Crippen molar-refractivity contribution < 1.29 is 51.2 Å². The van der Waals surface area contributed by atoms with Gasteiger partial charge in [0.1, 0.15) is 11.5 Å². The van der Waals surface area contributed by atoms with Crippen molar-refractivity contribution in [2.75, 3.05) is 34.5 Å². The normalized spacial score (nSPS) is 21.5. The molecule has 0 radical (unpaired) electrons. The first-order valence-corrected chi connectivity index (χ1v) is 16.9. The van der Waals surface area contributed by atoms with Gasteiger partial charge in [-0.3, -0.25) is 14.4 Å². The third-order valence-electron chi connectivity index (χ3n) is 9.54. The highest BCUT2D eigenvalue weighted by Crippen LogP contribution is 2.50. The van der Waals surface area contributed by atoms with E-state index in [4.69, 9.17) is 23.7 Å². The minimum Gasteiger partial charge on any atom is -0.493 e. The van der Waals surface area contributed by atoms with Gasteiger partial charge in [-0.1, -0.05) is 48.5 Å². The Morgan fingerprint density at radius 2 is 1.67 bits per heavy atom. The summed E-state index contributed by atoms with van der Waals surface area (Å²) in [6.45, 7) is 2.19. The third-order valence-corrected chi connectivity index (χ3v) is 9.54. The summed E-state index contributed by atoms with van der Waals surface area (Å²) >= 11 is 0. The van der Waals surface area contributed by atoms with E-state index in [-0.39, 0.29) is 44.0 Å². The van der Waals surface area contributed by atoms with E-state index in [0.717, 1.165) is 23.3 Å². The Hall–Kier alpha value is -4.88. The number of benzene rings is 3. The molecule has 4 atom stereocenters. The van der Waals surface area contributed by atoms with Gasteiger partial charge in [0.15, 0.2) is 11.5 Å². The number of piperidine rings is 1. The number of carbonyl (C=O) groups is 3. The van der Waals surface area contributed by atoms with Crippen LogP contribution < -0.4 is 14.8 Å². The molecule has 1 N–H and O–H groups in total. The van der Waals surface area contributed by atoms with Crippen molar-refractivity contribution in [3.05, 3.63) is 107 Å². The molecule has 52 heavy (non-hydrogen) atoms. The Kier molecular flexibility index (Phi) is 12.3. The van der Waals surface area contributed by atoms with Crippen LogP contribution in [0.25, 0.3) is 0 Å². The molecule has 2 amide bonds. The molecule has 0 aromatic heterocycles. The van der Waals surface area contributed by atoms with Crippen molar-refractivity contribution >= 4 is 17.8 Å². The van der Waals surface area contributed by atoms with Crippen LogP contribution in [-0.4, -0.2) is 69.4 Å². The highest BCUT2D eigenvalue weighted by molar-refractivity contribution is 5.92. The fourth-order valence-corrected chi connectivity index (χ4v) is 6.88. The van der Waals surface area contributed by atoms with E-state index in [1.54, 1.807) is 25.1 Å². The number of carbonyl (C=O) groups excluding carboxylic acids is 3. The second-order valence-electron chi connectivity index (χ2n) is 12.8. The zero-order valence-corrected chi connectivity index (χ0v) is 29.5. The average Bonchev–Trinajstić information content (AvgIpc) is 3.14. The van der Waals surface area contributed by atoms with Crippen LogP contribution in [0.1, 0.15) is 42.0 Å². The molecule has 3 aromatic rings. The fourth-order valence-electron chi connectivity index (χ4n) is 6.88. The Morgan fingerprint density at radius 3 is 2.37 bits per heavy atom. The standard InChI is InChI=1S/C39H43F3N2O8/c1-25-38(37(47)50-4)21-29(19-35(45)43-22-28-11-8-12-30(17-28)39(40,41)42)36(46)44(16-15-26-13-14-32(48-2)33(18-26)49-3)34(38)20-31(52-25)24-51-23-27-9-6-5-7-10-27/h5-14,17-18,20,25,29,31H,15-16,19,21-24H2,1-4H3,(H,43,45)/t25-,29-,31-,38+/m0/s1. The fraction of sp³-hybridized carbons (Fsp3) is 0.410. The first-order chi connectivity index (χ1) is 24.9. The highest BCUT2D eigenvalue weighted by Gasteiger charge is 2.59. The number of ether oxygens (including phenoxy) is 5. The van der Waals surface area contributed by atoms with Gasteiger partial charge in [0.25, 0.3) is 0 Å². The molecule has 2 heterocycles. The molecule has 0 bridgehead atoms. The van der Waals surface area contributed by atoms with Crippen LogP contribution >= 0.6 is 0 Å². The number of nitrogens with one attached hydrogen (secondary N) is 1. The second-order valence-corrected chi connectivity index (χ2v) is 12.8. The van der Waals surface area contributed by atoms with Crippen LogP contribution in [0.4, 0.5) is 13.2 Å². The molecular formula is C39H43F3N2O8. The number of halogens is 3. The maximum Gasteiger partial charge on any atom is 0.416 e. The number of esters is 1. The number of hydrogen-bond donors (Lipinski definition) is 1. The van der Waals surface area contributed by atoms with Crippen LogP contribution in [0.3, 0.4) is 0 Å². The van der Waals surface area contributed by atoms with E-state index in [0.29, 0.717) is 30.2 Å². The van der Waals surface area contributed by atoms with Crippen molar-refractivity contribution in [2.24, 2.45) is 11.3 Å². The summed E-state index contributed by atoms with van der Waals surface area (Å²) in [5.41, 5.74) is 0.196. The summed E-state index contributed by atoms with van der Waals surface area (Å²) in [7, 11) is 4.32. The van der Waals surface area contributed by atoms with E-state index >= 15 is 0 Å². The first kappa shape index (κ1) is 38.4. The number of likely N-dealkylation sites (tertiary alicyclic amines) is 1. The molecular weight excluding hydrogens is 681 g/mol. The molecule has 0 aliphatic carbocycles. The maximum atomic E-state index is 14.4. The van der Waals surface area contributed by atoms with Gasteiger partial charge in [-0.15, -0.1) is 0 Å². The lowest BCUT2D eigenvalue weighted by molar-refractivity contribution is -0.178. The van der Waals surface area contributed by atoms with Crippen molar-refractivity contribution in [3.8, 4) is 11.5 Å². The van der Waals surface area contributed by atoms with Crippen LogP contribution in [0.2, 0.25) is 0 Å². The zero-order chi connectivity index (χ0) is 37.5. The predicted molar refractivity (Wildman–Crippen MR) is 184 cm³/mol. The molecule has 10 nitrogen and oxygen atoms in total. The molecule has 0 spiro atoms. The lowest BCUT2D eigenvalue weighted by Crippen LogP contribution is -2.60. The summed E-state index contributed by atoms with van der Waals surface area (Å²) in [6.07, 6.45) is -4.21. The van der Waals surface area contributed by atoms with Crippen LogP contribution in [0.15, 0.2) is 84.6 Å². The number of methoxy groups -OCH3 is 3. The SMILES string of the molecule is COC(=O)[C@@]12C[C@H](CC(=O)NCc3cccc(C(F)(F)F)c3)C(=O)N(CCc3ccc(OC)c(OC)c3)C1=C[C@@H](COCc1ccccc1)O[C@H]2C. The molecule has 0 unspecified atom stereocenters. The highest BCUT2D eigenvalue weighted by atomic mass is 19.4. The number of fused-ring (bicyclic) bond motifs is 1. The number of alkyl halides is 3. The molecule has 2 aliphatic heterocycles. The molecule has 278 valence electrons. The van der Waals surface area contributed by atoms with Gasteiger partial charge >= 0.3 is 12.1 Å². The summed E-state index contributed by atoms with van der Waals surface area (Å²) in [5, 5.41) is 2.64. The van der Waals surface area contributed by atoms with Crippen molar-refractivity contribution in [2.45, 2.75) is 57.7 Å². The number of hydrogen-bond acceptors (Lipinski definition) is 8. The van der Waals surface area contributed by atoms with E-state index in [1.807, 2.05) is 36.4 Å². The van der Waals surface area contributed by atoms with Crippen LogP contribution in [-0.2, 0) is 54.3 Å². The topological polar surface area (TPSA) is 113 Å². The van der Waals surface area contributed by atoms with Gasteiger partial charge < -0.3 is 33.9 Å². The quantitative estimate of drug-likeness (QED) is 0.206. The van der Waals surface area contributed by atoms with Gasteiger partial charge in [0, 0.05) is 31.1 Å². The lowest BCUT2D eigenvalue weighted by atomic mass is 9.66. The molecule has 0 saturated carbocycles. The number of nitrogens with zero attached hydrogens (tertiary/aromatic N) is 1. The second kappa shape index (κ2) is 16.6. The molecule has 5 rings (SSSR count). The Bertz CT molecular complexity index is 1770. The van der Waals surface area contributed by atoms with Crippen LogP contribution in [0.5, 0.6) is 11.5 Å². The van der Waals surface area contributed by atoms with Gasteiger partial charge in [-0.2, -0.15) is 13.2 Å². The minimum atomic E-state index is -4.53. The molecule has 1 saturated heterocycles. The lowest BCUT2D eigenvalue weighted by Gasteiger charge is -2.51. The van der Waals surface area contributed by atoms with Gasteiger partial charge in [0.05, 0.1) is 46.2 Å². The average molecular weight is 725 g/mol. The largest absolute Gasteiger partial charge is 0.493 e. The van der Waals surface area contributed by atoms with Gasteiger partial charge in [0.2, 0.25) is 11.8 Å². The van der Waals surface area contributed by atoms with E-state index < -0.39 is 47.2 Å². The number of rotatable bonds is 14. The zero-order valence-electron chi connectivity index (χ0n) is 29.5. The first-order valence-electron chi connectivity index (χ1n) is 16.9. The van der Waals surface area contributed by atoms with E-state index in [1.165, 1.54) is 38.4 Å². The van der Waals surface area contributed by atoms with E-state index in [2.05, 4.69) is 5.32 Å². The van der Waals surface area contributed by atoms with Crippen molar-refractivity contribution in [1.82, 2.24) is 10.2 Å². The monoisotopic (exact) mass is 724 g/mol. The summed E-state index contributed by atoms with van der Waals surface area (Å²) in [4.78, 5) is 43.0. The van der Waals surface area contributed by atoms with Crippen LogP contribution in [0, 0.1) is 11.3 Å². The van der Waals surface area contributed by atoms with Crippen molar-refractivity contribution in [3.63, 3.8) is 0 Å². The predicted octanol–water partition coefficient (Wildman–Crippen LogP) is 5.87. The third kappa shape index (κ3) is 8.59. The van der Waals surface area contributed by atoms with E-state index in [9.17, 15) is 27.6 Å². The summed E-state index contributed by atoms with van der Waals surface area (Å²) in [6, 6.07) is 19.7. The Labute approximate surface area is 300 Å². The molecule has 1 fully saturated rings. The van der Waals surface area contributed by atoms with Gasteiger partial charge in [-0.25, -0.2) is 0 Å². The Balaban J connectivity index is 1.42.